The monoisotopic (exact) mass is 215 g/mol. The minimum Gasteiger partial charge on any atom is -0.341 e. The molecule has 4 heteroatoms. The van der Waals surface area contributed by atoms with Crippen molar-refractivity contribution in [3.05, 3.63) is 47.5 Å². The number of aromatic amines is 1. The summed E-state index contributed by atoms with van der Waals surface area (Å²) in [7, 11) is 0. The molecule has 0 saturated carbocycles. The number of benzene rings is 1. The second kappa shape index (κ2) is 4.18. The van der Waals surface area contributed by atoms with Gasteiger partial charge in [-0.3, -0.25) is 4.79 Å². The highest BCUT2D eigenvalue weighted by Crippen LogP contribution is 2.16. The minimum absolute atomic E-state index is 0.223. The number of carbonyl (C=O) groups excluding carboxylic acids is 1. The third-order valence-corrected chi connectivity index (χ3v) is 2.35. The van der Waals surface area contributed by atoms with Gasteiger partial charge in [0.1, 0.15) is 0 Å². The number of imidazole rings is 1. The van der Waals surface area contributed by atoms with Gasteiger partial charge in [0.15, 0.2) is 5.82 Å². The van der Waals surface area contributed by atoms with Gasteiger partial charge in [0, 0.05) is 18.1 Å². The largest absolute Gasteiger partial charge is 0.341 e. The quantitative estimate of drug-likeness (QED) is 0.807. The number of hydrogen-bond acceptors (Lipinski definition) is 2. The summed E-state index contributed by atoms with van der Waals surface area (Å²) >= 11 is 0. The average Bonchev–Trinajstić information content (AvgIpc) is 2.76. The summed E-state index contributed by atoms with van der Waals surface area (Å²) in [6.07, 6.45) is 3.18. The van der Waals surface area contributed by atoms with Crippen molar-refractivity contribution >= 4 is 11.6 Å². The Morgan fingerprint density at radius 3 is 2.88 bits per heavy atom. The van der Waals surface area contributed by atoms with E-state index in [1.54, 1.807) is 12.4 Å². The van der Waals surface area contributed by atoms with E-state index in [0.717, 1.165) is 16.8 Å². The number of rotatable bonds is 2. The molecule has 0 bridgehead atoms. The molecular weight excluding hydrogens is 202 g/mol. The summed E-state index contributed by atoms with van der Waals surface area (Å²) in [4.78, 5) is 18.4. The highest BCUT2D eigenvalue weighted by molar-refractivity contribution is 6.02. The third kappa shape index (κ3) is 2.11. The molecule has 1 amide bonds. The van der Waals surface area contributed by atoms with Crippen LogP contribution in [0.2, 0.25) is 0 Å². The number of hydrogen-bond donors (Lipinski definition) is 2. The molecule has 2 aromatic rings. The number of amides is 1. The summed E-state index contributed by atoms with van der Waals surface area (Å²) in [5.41, 5.74) is 2.97. The Bertz CT molecular complexity index is 503. The smallest absolute Gasteiger partial charge is 0.291 e. The van der Waals surface area contributed by atoms with Gasteiger partial charge in [-0.1, -0.05) is 12.1 Å². The van der Waals surface area contributed by atoms with Crippen LogP contribution >= 0.6 is 0 Å². The molecule has 0 atom stereocenters. The van der Waals surface area contributed by atoms with E-state index in [4.69, 9.17) is 0 Å². The van der Waals surface area contributed by atoms with Gasteiger partial charge in [-0.2, -0.15) is 0 Å². The molecule has 0 aliphatic carbocycles. The zero-order chi connectivity index (χ0) is 11.5. The van der Waals surface area contributed by atoms with Gasteiger partial charge in [-0.25, -0.2) is 4.98 Å². The lowest BCUT2D eigenvalue weighted by Crippen LogP contribution is -2.14. The average molecular weight is 215 g/mol. The van der Waals surface area contributed by atoms with E-state index in [9.17, 15) is 4.79 Å². The molecule has 0 aliphatic heterocycles. The second-order valence-corrected chi connectivity index (χ2v) is 3.71. The highest BCUT2D eigenvalue weighted by Gasteiger charge is 2.09. The number of aryl methyl sites for hydroxylation is 2. The zero-order valence-electron chi connectivity index (χ0n) is 9.24. The van der Waals surface area contributed by atoms with Crippen LogP contribution in [0, 0.1) is 13.8 Å². The molecule has 0 fully saturated rings. The van der Waals surface area contributed by atoms with Crippen LogP contribution in [-0.2, 0) is 0 Å². The Morgan fingerprint density at radius 1 is 1.38 bits per heavy atom. The molecule has 1 aromatic heterocycles. The maximum atomic E-state index is 11.7. The van der Waals surface area contributed by atoms with E-state index in [0.29, 0.717) is 5.82 Å². The van der Waals surface area contributed by atoms with Gasteiger partial charge in [0.2, 0.25) is 0 Å². The first-order chi connectivity index (χ1) is 7.66. The minimum atomic E-state index is -0.223. The number of anilines is 1. The number of nitrogens with one attached hydrogen (secondary N) is 2. The fourth-order valence-electron chi connectivity index (χ4n) is 1.44. The van der Waals surface area contributed by atoms with Crippen LogP contribution in [0.1, 0.15) is 21.7 Å². The maximum Gasteiger partial charge on any atom is 0.291 e. The van der Waals surface area contributed by atoms with Crippen LogP contribution in [0.25, 0.3) is 0 Å². The first-order valence-electron chi connectivity index (χ1n) is 5.05. The van der Waals surface area contributed by atoms with Gasteiger partial charge >= 0.3 is 0 Å². The first-order valence-corrected chi connectivity index (χ1v) is 5.05. The van der Waals surface area contributed by atoms with Crippen molar-refractivity contribution < 1.29 is 4.79 Å². The molecule has 16 heavy (non-hydrogen) atoms. The van der Waals surface area contributed by atoms with Gasteiger partial charge in [-0.15, -0.1) is 0 Å². The van der Waals surface area contributed by atoms with Crippen LogP contribution in [-0.4, -0.2) is 15.9 Å². The van der Waals surface area contributed by atoms with E-state index in [1.165, 1.54) is 0 Å². The summed E-state index contributed by atoms with van der Waals surface area (Å²) in [5.74, 6) is 0.0969. The number of nitrogens with zero attached hydrogens (tertiary/aromatic N) is 1. The molecule has 1 aromatic carbocycles. The van der Waals surface area contributed by atoms with E-state index >= 15 is 0 Å². The van der Waals surface area contributed by atoms with Gasteiger partial charge in [0.25, 0.3) is 5.91 Å². The Hall–Kier alpha value is -2.10. The van der Waals surface area contributed by atoms with Crippen molar-refractivity contribution in [1.29, 1.82) is 0 Å². The van der Waals surface area contributed by atoms with Crippen LogP contribution in [0.5, 0.6) is 0 Å². The molecule has 0 radical (unpaired) electrons. The molecule has 0 aliphatic rings. The van der Waals surface area contributed by atoms with Crippen LogP contribution in [0.3, 0.4) is 0 Å². The molecule has 0 saturated heterocycles. The molecule has 0 unspecified atom stereocenters. The van der Waals surface area contributed by atoms with Crippen LogP contribution in [0.15, 0.2) is 30.6 Å². The number of aromatic nitrogens is 2. The fraction of sp³-hybridized carbons (Fsp3) is 0.167. The van der Waals surface area contributed by atoms with Crippen molar-refractivity contribution in [1.82, 2.24) is 9.97 Å². The molecule has 82 valence electrons. The Kier molecular flexibility index (Phi) is 2.72. The zero-order valence-corrected chi connectivity index (χ0v) is 9.24. The molecular formula is C12H13N3O. The summed E-state index contributed by atoms with van der Waals surface area (Å²) in [5, 5.41) is 2.82. The van der Waals surface area contributed by atoms with E-state index in [2.05, 4.69) is 15.3 Å². The van der Waals surface area contributed by atoms with Crippen molar-refractivity contribution in [2.45, 2.75) is 13.8 Å². The van der Waals surface area contributed by atoms with Gasteiger partial charge in [-0.05, 0) is 31.0 Å². The predicted molar refractivity (Wildman–Crippen MR) is 62.5 cm³/mol. The summed E-state index contributed by atoms with van der Waals surface area (Å²) < 4.78 is 0. The van der Waals surface area contributed by atoms with Crippen molar-refractivity contribution in [3.8, 4) is 0 Å². The Balaban J connectivity index is 2.21. The standard InChI is InChI=1S/C12H13N3O/c1-8-3-4-9(2)10(7-8)15-12(16)11-13-5-6-14-11/h3-7H,1-2H3,(H,13,14)(H,15,16). The first kappa shape index (κ1) is 10.4. The van der Waals surface area contributed by atoms with Crippen molar-refractivity contribution in [3.63, 3.8) is 0 Å². The molecule has 1 heterocycles. The number of carbonyl (C=O) groups is 1. The topological polar surface area (TPSA) is 57.8 Å². The van der Waals surface area contributed by atoms with Gasteiger partial charge in [0.05, 0.1) is 0 Å². The summed E-state index contributed by atoms with van der Waals surface area (Å²) in [6.45, 7) is 3.94. The molecule has 0 spiro atoms. The maximum absolute atomic E-state index is 11.7. The molecule has 2 rings (SSSR count). The lowest BCUT2D eigenvalue weighted by molar-refractivity contribution is 0.101. The van der Waals surface area contributed by atoms with E-state index in [-0.39, 0.29) is 5.91 Å². The Labute approximate surface area is 93.7 Å². The third-order valence-electron chi connectivity index (χ3n) is 2.35. The lowest BCUT2D eigenvalue weighted by atomic mass is 10.1. The van der Waals surface area contributed by atoms with Crippen molar-refractivity contribution in [2.75, 3.05) is 5.32 Å². The predicted octanol–water partition coefficient (Wildman–Crippen LogP) is 2.28. The molecule has 4 nitrogen and oxygen atoms in total. The Morgan fingerprint density at radius 2 is 2.19 bits per heavy atom. The fourth-order valence-corrected chi connectivity index (χ4v) is 1.44. The van der Waals surface area contributed by atoms with E-state index < -0.39 is 0 Å². The second-order valence-electron chi connectivity index (χ2n) is 3.71. The SMILES string of the molecule is Cc1ccc(C)c(NC(=O)c2ncc[nH]2)c1. The molecule has 2 N–H and O–H groups in total. The van der Waals surface area contributed by atoms with Crippen LogP contribution < -0.4 is 5.32 Å². The van der Waals surface area contributed by atoms with Gasteiger partial charge < -0.3 is 10.3 Å². The van der Waals surface area contributed by atoms with Crippen LogP contribution in [0.4, 0.5) is 5.69 Å². The normalized spacial score (nSPS) is 10.1. The lowest BCUT2D eigenvalue weighted by Gasteiger charge is -2.07. The highest BCUT2D eigenvalue weighted by atomic mass is 16.2. The summed E-state index contributed by atoms with van der Waals surface area (Å²) in [6, 6.07) is 5.93. The van der Waals surface area contributed by atoms with E-state index in [1.807, 2.05) is 32.0 Å². The van der Waals surface area contributed by atoms with Crippen molar-refractivity contribution in [2.24, 2.45) is 0 Å². The number of H-pyrrole nitrogens is 1.